The zero-order valence-electron chi connectivity index (χ0n) is 36.9. The predicted octanol–water partition coefficient (Wildman–Crippen LogP) is 17.8. The summed E-state index contributed by atoms with van der Waals surface area (Å²) in [6.07, 6.45) is 0. The summed E-state index contributed by atoms with van der Waals surface area (Å²) in [5.41, 5.74) is 18.4. The average molecular weight is 868 g/mol. The van der Waals surface area contributed by atoms with Gasteiger partial charge in [-0.05, 0) is 145 Å². The Kier molecular flexibility index (Phi) is 8.50. The fourth-order valence-electron chi connectivity index (χ4n) is 11.3. The molecule has 3 heteroatoms. The number of anilines is 3. The van der Waals surface area contributed by atoms with Gasteiger partial charge in [0.15, 0.2) is 0 Å². The molecule has 318 valence electrons. The zero-order chi connectivity index (χ0) is 44.8. The standard InChI is InChI=1S/C65H41NO2/c1-4-16-45(17-5-1)65(46-18-6-2-7-19-46)58-39-43(42-28-32-48(33-29-42)66(47-20-8-3-9-21-47)49-34-37-63-57(40-49)52-24-13-15-27-61(52)68-63)30-35-54(58)64-53-25-11-10-22-50(53)55(41-59(64)65)44-31-36-62-56(38-44)51-23-12-14-26-60(51)67-62/h1-41H. The minimum atomic E-state index is -0.617. The van der Waals surface area contributed by atoms with Gasteiger partial charge >= 0.3 is 0 Å². The summed E-state index contributed by atoms with van der Waals surface area (Å²) in [4.78, 5) is 2.33. The van der Waals surface area contributed by atoms with Crippen LogP contribution in [0.4, 0.5) is 17.1 Å². The molecular weight excluding hydrogens is 827 g/mol. The van der Waals surface area contributed by atoms with Crippen molar-refractivity contribution >= 4 is 71.7 Å². The number of rotatable bonds is 7. The van der Waals surface area contributed by atoms with Gasteiger partial charge in [0, 0.05) is 38.6 Å². The summed E-state index contributed by atoms with van der Waals surface area (Å²) in [7, 11) is 0. The zero-order valence-corrected chi connectivity index (χ0v) is 36.9. The van der Waals surface area contributed by atoms with E-state index in [1.165, 1.54) is 55.3 Å². The van der Waals surface area contributed by atoms with Crippen molar-refractivity contribution < 1.29 is 8.83 Å². The molecule has 2 aromatic heterocycles. The molecule has 0 saturated heterocycles. The van der Waals surface area contributed by atoms with Crippen LogP contribution in [0.5, 0.6) is 0 Å². The molecule has 11 aromatic carbocycles. The second-order valence-corrected chi connectivity index (χ2v) is 17.9. The maximum Gasteiger partial charge on any atom is 0.135 e. The van der Waals surface area contributed by atoms with Crippen molar-refractivity contribution in [2.75, 3.05) is 4.90 Å². The largest absolute Gasteiger partial charge is 0.456 e. The van der Waals surface area contributed by atoms with Crippen LogP contribution in [-0.4, -0.2) is 0 Å². The van der Waals surface area contributed by atoms with E-state index >= 15 is 0 Å². The van der Waals surface area contributed by atoms with Crippen LogP contribution in [0.25, 0.3) is 88.0 Å². The normalized spacial score (nSPS) is 12.8. The van der Waals surface area contributed by atoms with E-state index in [1.807, 2.05) is 18.2 Å². The van der Waals surface area contributed by atoms with Gasteiger partial charge in [-0.1, -0.05) is 170 Å². The number of para-hydroxylation sites is 3. The number of benzene rings is 11. The molecule has 0 N–H and O–H groups in total. The fourth-order valence-corrected chi connectivity index (χ4v) is 11.3. The molecule has 0 aliphatic heterocycles. The molecule has 0 bridgehead atoms. The molecular formula is C65H41NO2. The lowest BCUT2D eigenvalue weighted by Gasteiger charge is -2.34. The van der Waals surface area contributed by atoms with Crippen LogP contribution < -0.4 is 4.90 Å². The lowest BCUT2D eigenvalue weighted by atomic mass is 9.67. The first kappa shape index (κ1) is 38.4. The molecule has 0 atom stereocenters. The van der Waals surface area contributed by atoms with Gasteiger partial charge in [-0.15, -0.1) is 0 Å². The van der Waals surface area contributed by atoms with E-state index in [0.717, 1.165) is 72.1 Å². The summed E-state index contributed by atoms with van der Waals surface area (Å²) < 4.78 is 12.6. The van der Waals surface area contributed by atoms with E-state index in [9.17, 15) is 0 Å². The van der Waals surface area contributed by atoms with Gasteiger partial charge in [0.25, 0.3) is 0 Å². The first-order valence-electron chi connectivity index (χ1n) is 23.3. The number of nitrogens with zero attached hydrogens (tertiary/aromatic N) is 1. The average Bonchev–Trinajstić information content (AvgIpc) is 4.07. The minimum Gasteiger partial charge on any atom is -0.456 e. The van der Waals surface area contributed by atoms with E-state index in [4.69, 9.17) is 8.83 Å². The highest BCUT2D eigenvalue weighted by Crippen LogP contribution is 2.60. The second-order valence-electron chi connectivity index (χ2n) is 17.9. The van der Waals surface area contributed by atoms with Gasteiger partial charge in [0.1, 0.15) is 22.3 Å². The summed E-state index contributed by atoms with van der Waals surface area (Å²) in [6, 6.07) is 90.3. The molecule has 2 heterocycles. The highest BCUT2D eigenvalue weighted by Gasteiger charge is 2.47. The summed E-state index contributed by atoms with van der Waals surface area (Å²) >= 11 is 0. The van der Waals surface area contributed by atoms with Gasteiger partial charge in [0.05, 0.1) is 5.41 Å². The molecule has 0 radical (unpaired) electrons. The third kappa shape index (κ3) is 5.72. The summed E-state index contributed by atoms with van der Waals surface area (Å²) in [6.45, 7) is 0. The number of hydrogen-bond acceptors (Lipinski definition) is 3. The quantitative estimate of drug-likeness (QED) is 0.160. The lowest BCUT2D eigenvalue weighted by molar-refractivity contribution is 0.668. The molecule has 0 fully saturated rings. The molecule has 0 unspecified atom stereocenters. The Labute approximate surface area is 393 Å². The molecule has 0 spiro atoms. The van der Waals surface area contributed by atoms with E-state index in [2.05, 4.69) is 235 Å². The Bertz CT molecular complexity index is 4030. The Morgan fingerprint density at radius 1 is 0.279 bits per heavy atom. The van der Waals surface area contributed by atoms with Crippen molar-refractivity contribution in [1.82, 2.24) is 0 Å². The Balaban J connectivity index is 0.958. The van der Waals surface area contributed by atoms with Gasteiger partial charge < -0.3 is 13.7 Å². The van der Waals surface area contributed by atoms with Gasteiger partial charge in [0.2, 0.25) is 0 Å². The topological polar surface area (TPSA) is 29.5 Å². The first-order valence-corrected chi connectivity index (χ1v) is 23.3. The molecule has 14 rings (SSSR count). The molecule has 0 saturated carbocycles. The molecule has 1 aliphatic carbocycles. The number of furan rings is 2. The van der Waals surface area contributed by atoms with Crippen LogP contribution in [0.3, 0.4) is 0 Å². The van der Waals surface area contributed by atoms with Crippen molar-refractivity contribution in [3.63, 3.8) is 0 Å². The molecule has 0 amide bonds. The number of fused-ring (bicyclic) bond motifs is 11. The molecule has 1 aliphatic rings. The highest BCUT2D eigenvalue weighted by molar-refractivity contribution is 6.13. The SMILES string of the molecule is c1ccc(N(c2ccc(-c3ccc4c(c3)C(c3ccccc3)(c3ccccc3)c3cc(-c5ccc6oc7ccccc7c6c5)c5ccccc5c3-4)cc2)c2ccc3oc4ccccc4c3c2)cc1. The lowest BCUT2D eigenvalue weighted by Crippen LogP contribution is -2.28. The van der Waals surface area contributed by atoms with Gasteiger partial charge in [-0.25, -0.2) is 0 Å². The Hall–Kier alpha value is -8.92. The van der Waals surface area contributed by atoms with Crippen LogP contribution in [0.1, 0.15) is 22.3 Å². The minimum absolute atomic E-state index is 0.617. The van der Waals surface area contributed by atoms with Crippen LogP contribution in [0.15, 0.2) is 258 Å². The van der Waals surface area contributed by atoms with Crippen molar-refractivity contribution in [2.24, 2.45) is 0 Å². The summed E-state index contributed by atoms with van der Waals surface area (Å²) in [5, 5.41) is 6.93. The maximum absolute atomic E-state index is 6.32. The second kappa shape index (κ2) is 15.1. The van der Waals surface area contributed by atoms with E-state index < -0.39 is 5.41 Å². The maximum atomic E-state index is 6.32. The highest BCUT2D eigenvalue weighted by atomic mass is 16.3. The van der Waals surface area contributed by atoms with Gasteiger partial charge in [-0.3, -0.25) is 0 Å². The monoisotopic (exact) mass is 867 g/mol. The van der Waals surface area contributed by atoms with Crippen LogP contribution in [0, 0.1) is 0 Å². The van der Waals surface area contributed by atoms with E-state index in [0.29, 0.717) is 0 Å². The Morgan fingerprint density at radius 2 is 0.765 bits per heavy atom. The molecule has 68 heavy (non-hydrogen) atoms. The van der Waals surface area contributed by atoms with E-state index in [1.54, 1.807) is 0 Å². The summed E-state index contributed by atoms with van der Waals surface area (Å²) in [5.74, 6) is 0. The predicted molar refractivity (Wildman–Crippen MR) is 281 cm³/mol. The van der Waals surface area contributed by atoms with Crippen molar-refractivity contribution in [3.8, 4) is 33.4 Å². The molecule has 3 nitrogen and oxygen atoms in total. The van der Waals surface area contributed by atoms with Crippen molar-refractivity contribution in [2.45, 2.75) is 5.41 Å². The fraction of sp³-hybridized carbons (Fsp3) is 0.0154. The Morgan fingerprint density at radius 3 is 1.43 bits per heavy atom. The van der Waals surface area contributed by atoms with Crippen LogP contribution in [-0.2, 0) is 5.41 Å². The van der Waals surface area contributed by atoms with Crippen LogP contribution >= 0.6 is 0 Å². The molecule has 13 aromatic rings. The van der Waals surface area contributed by atoms with Gasteiger partial charge in [-0.2, -0.15) is 0 Å². The number of hydrogen-bond donors (Lipinski definition) is 0. The first-order chi connectivity index (χ1) is 33.7. The third-order valence-corrected chi connectivity index (χ3v) is 14.3. The van der Waals surface area contributed by atoms with Crippen LogP contribution in [0.2, 0.25) is 0 Å². The smallest absolute Gasteiger partial charge is 0.135 e. The van der Waals surface area contributed by atoms with Crippen molar-refractivity contribution in [1.29, 1.82) is 0 Å². The third-order valence-electron chi connectivity index (χ3n) is 14.3. The van der Waals surface area contributed by atoms with Crippen molar-refractivity contribution in [3.05, 3.63) is 271 Å². The van der Waals surface area contributed by atoms with E-state index in [-0.39, 0.29) is 0 Å².